The third kappa shape index (κ3) is 6.27. The number of nitrogens with one attached hydrogen (secondary N) is 1. The van der Waals surface area contributed by atoms with Gasteiger partial charge in [0.25, 0.3) is 0 Å². The van der Waals surface area contributed by atoms with Gasteiger partial charge in [-0.25, -0.2) is 17.6 Å². The summed E-state index contributed by atoms with van der Waals surface area (Å²) in [6.07, 6.45) is 0. The highest BCUT2D eigenvalue weighted by atomic mass is 32.2. The van der Waals surface area contributed by atoms with Crippen LogP contribution in [0.3, 0.4) is 0 Å². The van der Waals surface area contributed by atoms with Gasteiger partial charge in [-0.1, -0.05) is 36.4 Å². The molecule has 0 bridgehead atoms. The van der Waals surface area contributed by atoms with Crippen LogP contribution in [0.5, 0.6) is 0 Å². The van der Waals surface area contributed by atoms with Crippen molar-refractivity contribution in [3.05, 3.63) is 65.5 Å². The molecule has 9 heteroatoms. The lowest BCUT2D eigenvalue weighted by Crippen LogP contribution is -2.53. The van der Waals surface area contributed by atoms with E-state index in [0.717, 1.165) is 17.2 Å². The largest absolute Gasteiger partial charge is 0.371 e. The second-order valence-corrected chi connectivity index (χ2v) is 10.6. The molecule has 0 saturated carbocycles. The summed E-state index contributed by atoms with van der Waals surface area (Å²) in [5.41, 5.74) is 1.75. The number of benzene rings is 2. The summed E-state index contributed by atoms with van der Waals surface area (Å²) in [6, 6.07) is 12.9. The van der Waals surface area contributed by atoms with Gasteiger partial charge >= 0.3 is 6.03 Å². The minimum absolute atomic E-state index is 0.115. The highest BCUT2D eigenvalue weighted by Crippen LogP contribution is 2.20. The predicted molar refractivity (Wildman–Crippen MR) is 120 cm³/mol. The molecule has 1 N–H and O–H groups in total. The number of hydrogen-bond acceptors (Lipinski definition) is 4. The van der Waals surface area contributed by atoms with Crippen LogP contribution >= 0.6 is 0 Å². The van der Waals surface area contributed by atoms with E-state index in [0.29, 0.717) is 13.2 Å². The Balaban J connectivity index is 1.52. The van der Waals surface area contributed by atoms with E-state index in [-0.39, 0.29) is 42.7 Å². The van der Waals surface area contributed by atoms with E-state index < -0.39 is 15.8 Å². The number of rotatable bonds is 6. The molecule has 0 spiro atoms. The fourth-order valence-corrected chi connectivity index (χ4v) is 4.83. The van der Waals surface area contributed by atoms with E-state index >= 15 is 0 Å². The summed E-state index contributed by atoms with van der Waals surface area (Å²) >= 11 is 0. The van der Waals surface area contributed by atoms with Crippen LogP contribution in [0.25, 0.3) is 0 Å². The summed E-state index contributed by atoms with van der Waals surface area (Å²) in [7, 11) is -3.93. The van der Waals surface area contributed by atoms with Crippen LogP contribution in [0, 0.1) is 5.82 Å². The van der Waals surface area contributed by atoms with E-state index in [4.69, 9.17) is 4.74 Å². The van der Waals surface area contributed by atoms with E-state index in [9.17, 15) is 17.6 Å². The first kappa shape index (κ1) is 24.2. The first-order valence-corrected chi connectivity index (χ1v) is 12.0. The maximum absolute atomic E-state index is 14.0. The van der Waals surface area contributed by atoms with Crippen molar-refractivity contribution in [3.63, 3.8) is 0 Å². The van der Waals surface area contributed by atoms with Gasteiger partial charge in [0.15, 0.2) is 0 Å². The molecular weight excluding hydrogens is 433 g/mol. The lowest BCUT2D eigenvalue weighted by Gasteiger charge is -2.34. The van der Waals surface area contributed by atoms with Crippen molar-refractivity contribution < 1.29 is 22.3 Å². The van der Waals surface area contributed by atoms with Gasteiger partial charge in [0.1, 0.15) is 10.7 Å². The van der Waals surface area contributed by atoms with Crippen molar-refractivity contribution >= 4 is 16.1 Å². The number of carbonyl (C=O) groups excluding carboxylic acids is 1. The quantitative estimate of drug-likeness (QED) is 0.713. The lowest BCUT2D eigenvalue weighted by molar-refractivity contribution is -0.0149. The van der Waals surface area contributed by atoms with Crippen LogP contribution in [-0.4, -0.2) is 55.4 Å². The van der Waals surface area contributed by atoms with Gasteiger partial charge in [0.05, 0.1) is 12.2 Å². The Hall–Kier alpha value is -2.49. The topological polar surface area (TPSA) is 79.0 Å². The molecule has 1 aliphatic heterocycles. The molecule has 0 aromatic heterocycles. The Morgan fingerprint density at radius 2 is 1.69 bits per heavy atom. The number of ether oxygens (including phenoxy) is 1. The van der Waals surface area contributed by atoms with Crippen molar-refractivity contribution in [3.8, 4) is 0 Å². The van der Waals surface area contributed by atoms with Gasteiger partial charge in [-0.15, -0.1) is 0 Å². The molecule has 7 nitrogen and oxygen atoms in total. The zero-order chi connectivity index (χ0) is 23.4. The summed E-state index contributed by atoms with van der Waals surface area (Å²) in [4.78, 5) is 13.8. The van der Waals surface area contributed by atoms with Crippen LogP contribution < -0.4 is 5.32 Å². The molecule has 3 rings (SSSR count). The molecule has 1 heterocycles. The van der Waals surface area contributed by atoms with Crippen LogP contribution in [0.4, 0.5) is 9.18 Å². The molecule has 1 aliphatic rings. The number of urea groups is 1. The number of nitrogens with zero attached hydrogens (tertiary/aromatic N) is 2. The van der Waals surface area contributed by atoms with E-state index in [2.05, 4.69) is 5.32 Å². The Labute approximate surface area is 189 Å². The Bertz CT molecular complexity index is 1050. The molecule has 0 radical (unpaired) electrons. The monoisotopic (exact) mass is 463 g/mol. The number of carbonyl (C=O) groups is 1. The first-order chi connectivity index (χ1) is 15.1. The van der Waals surface area contributed by atoms with Crippen molar-refractivity contribution in [1.29, 1.82) is 0 Å². The normalized spacial score (nSPS) is 15.6. The molecule has 0 unspecified atom stereocenters. The molecule has 1 saturated heterocycles. The number of hydrogen-bond donors (Lipinski definition) is 1. The zero-order valence-electron chi connectivity index (χ0n) is 18.7. The molecule has 1 fully saturated rings. The zero-order valence-corrected chi connectivity index (χ0v) is 19.5. The summed E-state index contributed by atoms with van der Waals surface area (Å²) in [6.45, 7) is 7.54. The van der Waals surface area contributed by atoms with Crippen molar-refractivity contribution in [2.75, 3.05) is 26.2 Å². The molecule has 32 heavy (non-hydrogen) atoms. The number of piperazine rings is 1. The third-order valence-electron chi connectivity index (χ3n) is 5.09. The Kier molecular flexibility index (Phi) is 7.53. The lowest BCUT2D eigenvalue weighted by atomic mass is 10.1. The number of sulfonamides is 1. The maximum Gasteiger partial charge on any atom is 0.317 e. The number of halogens is 1. The predicted octanol–water partition coefficient (Wildman–Crippen LogP) is 3.36. The van der Waals surface area contributed by atoms with Crippen molar-refractivity contribution in [2.45, 2.75) is 44.4 Å². The standard InChI is InChI=1S/C23H30FN3O4S/c1-23(2,3)31-17-19-8-6-7-18(15-19)16-25-22(28)26-11-13-27(14-12-26)32(29,30)21-10-5-4-9-20(21)24/h4-10,15H,11-14,16-17H2,1-3H3,(H,25,28). The average Bonchev–Trinajstić information content (AvgIpc) is 2.76. The minimum atomic E-state index is -3.93. The molecule has 2 aromatic rings. The highest BCUT2D eigenvalue weighted by Gasteiger charge is 2.31. The fourth-order valence-electron chi connectivity index (χ4n) is 3.34. The second-order valence-electron chi connectivity index (χ2n) is 8.70. The van der Waals surface area contributed by atoms with E-state index in [1.165, 1.54) is 22.5 Å². The van der Waals surface area contributed by atoms with E-state index in [1.807, 2.05) is 45.0 Å². The van der Waals surface area contributed by atoms with Gasteiger partial charge < -0.3 is 15.0 Å². The Morgan fingerprint density at radius 1 is 1.03 bits per heavy atom. The van der Waals surface area contributed by atoms with Crippen LogP contribution in [0.1, 0.15) is 31.9 Å². The third-order valence-corrected chi connectivity index (χ3v) is 7.02. The van der Waals surface area contributed by atoms with Gasteiger partial charge in [0, 0.05) is 32.7 Å². The fraction of sp³-hybridized carbons (Fsp3) is 0.435. The maximum atomic E-state index is 14.0. The summed E-state index contributed by atoms with van der Waals surface area (Å²) in [5.74, 6) is -0.775. The van der Waals surface area contributed by atoms with Crippen molar-refractivity contribution in [1.82, 2.24) is 14.5 Å². The first-order valence-electron chi connectivity index (χ1n) is 10.6. The van der Waals surface area contributed by atoms with Gasteiger partial charge in [-0.2, -0.15) is 4.31 Å². The molecular formula is C23H30FN3O4S. The summed E-state index contributed by atoms with van der Waals surface area (Å²) in [5, 5.41) is 2.88. The number of amides is 2. The summed E-state index contributed by atoms with van der Waals surface area (Å²) < 4.78 is 46.4. The van der Waals surface area contributed by atoms with Gasteiger partial charge in [-0.3, -0.25) is 0 Å². The SMILES string of the molecule is CC(C)(C)OCc1cccc(CNC(=O)N2CCN(S(=O)(=O)c3ccccc3F)CC2)c1. The minimum Gasteiger partial charge on any atom is -0.371 e. The van der Waals surface area contributed by atoms with E-state index in [1.54, 1.807) is 4.90 Å². The van der Waals surface area contributed by atoms with Crippen LogP contribution in [-0.2, 0) is 27.9 Å². The highest BCUT2D eigenvalue weighted by molar-refractivity contribution is 7.89. The Morgan fingerprint density at radius 3 is 2.34 bits per heavy atom. The molecule has 2 amide bonds. The molecule has 2 aromatic carbocycles. The molecule has 0 aliphatic carbocycles. The van der Waals surface area contributed by atoms with Gasteiger partial charge in [0.2, 0.25) is 10.0 Å². The second kappa shape index (κ2) is 9.97. The smallest absolute Gasteiger partial charge is 0.317 e. The van der Waals surface area contributed by atoms with Crippen molar-refractivity contribution in [2.24, 2.45) is 0 Å². The molecule has 174 valence electrons. The average molecular weight is 464 g/mol. The van der Waals surface area contributed by atoms with Gasteiger partial charge in [-0.05, 0) is 44.0 Å². The molecule has 0 atom stereocenters. The van der Waals surface area contributed by atoms with Crippen LogP contribution in [0.2, 0.25) is 0 Å². The van der Waals surface area contributed by atoms with Crippen LogP contribution in [0.15, 0.2) is 53.4 Å².